The molecule has 2 aliphatic heterocycles. The zero-order chi connectivity index (χ0) is 17.8. The van der Waals surface area contributed by atoms with Gasteiger partial charge in [-0.3, -0.25) is 19.8 Å². The van der Waals surface area contributed by atoms with Crippen LogP contribution in [0.25, 0.3) is 10.8 Å². The fraction of sp³-hybridized carbons (Fsp3) is 0.316. The molecule has 1 saturated heterocycles. The molecule has 0 aliphatic carbocycles. The van der Waals surface area contributed by atoms with E-state index in [0.29, 0.717) is 6.42 Å². The van der Waals surface area contributed by atoms with Crippen molar-refractivity contribution in [2.75, 3.05) is 25.0 Å². The summed E-state index contributed by atoms with van der Waals surface area (Å²) in [7, 11) is 1.88. The molecule has 6 nitrogen and oxygen atoms in total. The Hall–Kier alpha value is -2.89. The second-order valence-electron chi connectivity index (χ2n) is 6.71. The van der Waals surface area contributed by atoms with Gasteiger partial charge in [-0.25, -0.2) is 4.79 Å². The van der Waals surface area contributed by atoms with E-state index in [2.05, 4.69) is 5.32 Å². The van der Waals surface area contributed by atoms with Crippen molar-refractivity contribution in [3.8, 4) is 0 Å². The summed E-state index contributed by atoms with van der Waals surface area (Å²) in [6.45, 7) is 2.23. The maximum Gasteiger partial charge on any atom is 0.330 e. The van der Waals surface area contributed by atoms with E-state index in [4.69, 9.17) is 0 Å². The largest absolute Gasteiger partial charge is 0.373 e. The molecule has 2 aliphatic rings. The molecule has 2 heterocycles. The minimum absolute atomic E-state index is 0.242. The van der Waals surface area contributed by atoms with Crippen LogP contribution in [0.15, 0.2) is 36.4 Å². The first-order valence-corrected chi connectivity index (χ1v) is 8.37. The zero-order valence-corrected chi connectivity index (χ0v) is 14.2. The summed E-state index contributed by atoms with van der Waals surface area (Å²) >= 11 is 0. The molecular weight excluding hydrogens is 318 g/mol. The van der Waals surface area contributed by atoms with Gasteiger partial charge in [0, 0.05) is 32.2 Å². The van der Waals surface area contributed by atoms with Crippen molar-refractivity contribution in [1.29, 1.82) is 0 Å². The Morgan fingerprint density at radius 3 is 2.64 bits per heavy atom. The lowest BCUT2D eigenvalue weighted by atomic mass is 9.73. The number of amides is 4. The number of hydrogen-bond donors (Lipinski definition) is 1. The van der Waals surface area contributed by atoms with Crippen LogP contribution in [0.1, 0.15) is 12.5 Å². The second-order valence-corrected chi connectivity index (χ2v) is 6.71. The van der Waals surface area contributed by atoms with Gasteiger partial charge in [0.05, 0.1) is 0 Å². The molecule has 25 heavy (non-hydrogen) atoms. The summed E-state index contributed by atoms with van der Waals surface area (Å²) in [5.41, 5.74) is 0.723. The fourth-order valence-corrected chi connectivity index (χ4v) is 4.03. The molecule has 128 valence electrons. The molecule has 1 spiro atoms. The molecule has 1 N–H and O–H groups in total. The van der Waals surface area contributed by atoms with Crippen molar-refractivity contribution in [1.82, 2.24) is 10.2 Å². The quantitative estimate of drug-likeness (QED) is 0.807. The van der Waals surface area contributed by atoms with Crippen LogP contribution in [0.4, 0.5) is 10.5 Å². The summed E-state index contributed by atoms with van der Waals surface area (Å²) in [6, 6.07) is 11.4. The van der Waals surface area contributed by atoms with Gasteiger partial charge in [-0.2, -0.15) is 0 Å². The van der Waals surface area contributed by atoms with Gasteiger partial charge < -0.3 is 4.90 Å². The number of fused-ring (bicyclic) bond motifs is 3. The normalized spacial score (nSPS) is 23.2. The molecular formula is C19H19N3O3. The van der Waals surface area contributed by atoms with E-state index in [9.17, 15) is 14.4 Å². The number of imide groups is 2. The number of rotatable bonds is 1. The van der Waals surface area contributed by atoms with Gasteiger partial charge in [-0.05, 0) is 29.3 Å². The maximum absolute atomic E-state index is 13.1. The third-order valence-electron chi connectivity index (χ3n) is 5.28. The van der Waals surface area contributed by atoms with Crippen molar-refractivity contribution >= 4 is 34.3 Å². The van der Waals surface area contributed by atoms with Crippen molar-refractivity contribution in [2.24, 2.45) is 5.41 Å². The molecule has 6 heteroatoms. The summed E-state index contributed by atoms with van der Waals surface area (Å²) in [6.07, 6.45) is 0.294. The van der Waals surface area contributed by atoms with Crippen LogP contribution in [0.3, 0.4) is 0 Å². The van der Waals surface area contributed by atoms with Crippen LogP contribution in [0.5, 0.6) is 0 Å². The Balaban J connectivity index is 1.90. The molecule has 0 bridgehead atoms. The number of barbiturate groups is 1. The van der Waals surface area contributed by atoms with E-state index >= 15 is 0 Å². The second kappa shape index (κ2) is 5.31. The third-order valence-corrected chi connectivity index (χ3v) is 5.28. The van der Waals surface area contributed by atoms with Gasteiger partial charge in [-0.1, -0.05) is 30.3 Å². The minimum atomic E-state index is -1.27. The summed E-state index contributed by atoms with van der Waals surface area (Å²) in [4.78, 5) is 40.8. The Kier molecular flexibility index (Phi) is 3.32. The molecule has 1 fully saturated rings. The standard InChI is InChI=1S/C19H19N3O3/c1-3-22-17(24)19(16(23)20-18(22)25)10-14-13-7-5-4-6-12(13)8-9-15(14)21(2)11-19/h4-9H,3,10-11H2,1-2H3,(H,20,23,25)/t19-/m0/s1. The first-order chi connectivity index (χ1) is 12.0. The summed E-state index contributed by atoms with van der Waals surface area (Å²) in [5, 5.41) is 4.47. The number of anilines is 1. The van der Waals surface area contributed by atoms with E-state index in [1.807, 2.05) is 48.3 Å². The predicted molar refractivity (Wildman–Crippen MR) is 94.3 cm³/mol. The third kappa shape index (κ3) is 2.06. The summed E-state index contributed by atoms with van der Waals surface area (Å²) in [5.74, 6) is -0.910. The predicted octanol–water partition coefficient (Wildman–Crippen LogP) is 1.92. The molecule has 2 aromatic carbocycles. The molecule has 0 unspecified atom stereocenters. The molecule has 2 aromatic rings. The van der Waals surface area contributed by atoms with Gasteiger partial charge in [0.25, 0.3) is 0 Å². The van der Waals surface area contributed by atoms with Crippen LogP contribution in [0.2, 0.25) is 0 Å². The zero-order valence-electron chi connectivity index (χ0n) is 14.2. The van der Waals surface area contributed by atoms with Gasteiger partial charge in [0.2, 0.25) is 11.8 Å². The van der Waals surface area contributed by atoms with E-state index in [1.165, 1.54) is 0 Å². The van der Waals surface area contributed by atoms with E-state index in [1.54, 1.807) is 6.92 Å². The number of nitrogens with one attached hydrogen (secondary N) is 1. The number of urea groups is 1. The Bertz CT molecular complexity index is 923. The number of nitrogens with zero attached hydrogens (tertiary/aromatic N) is 2. The van der Waals surface area contributed by atoms with Crippen LogP contribution < -0.4 is 10.2 Å². The highest BCUT2D eigenvalue weighted by Crippen LogP contribution is 2.42. The van der Waals surface area contributed by atoms with E-state index in [-0.39, 0.29) is 13.1 Å². The van der Waals surface area contributed by atoms with Crippen LogP contribution >= 0.6 is 0 Å². The Morgan fingerprint density at radius 2 is 1.88 bits per heavy atom. The minimum Gasteiger partial charge on any atom is -0.373 e. The first-order valence-electron chi connectivity index (χ1n) is 8.37. The lowest BCUT2D eigenvalue weighted by Crippen LogP contribution is -2.68. The van der Waals surface area contributed by atoms with Crippen molar-refractivity contribution in [2.45, 2.75) is 13.3 Å². The molecule has 0 radical (unpaired) electrons. The van der Waals surface area contributed by atoms with Crippen LogP contribution in [0, 0.1) is 5.41 Å². The SMILES string of the molecule is CCN1C(=O)NC(=O)[C@@]2(Cc3c(ccc4ccccc34)N(C)C2)C1=O. The van der Waals surface area contributed by atoms with Gasteiger partial charge in [0.1, 0.15) is 5.41 Å². The highest BCUT2D eigenvalue weighted by Gasteiger charge is 2.56. The smallest absolute Gasteiger partial charge is 0.330 e. The monoisotopic (exact) mass is 337 g/mol. The molecule has 4 amide bonds. The maximum atomic E-state index is 13.1. The van der Waals surface area contributed by atoms with Crippen molar-refractivity contribution in [3.63, 3.8) is 0 Å². The highest BCUT2D eigenvalue weighted by atomic mass is 16.2. The molecule has 0 aromatic heterocycles. The fourth-order valence-electron chi connectivity index (χ4n) is 4.03. The molecule has 0 saturated carbocycles. The van der Waals surface area contributed by atoms with Crippen molar-refractivity contribution < 1.29 is 14.4 Å². The lowest BCUT2D eigenvalue weighted by molar-refractivity contribution is -0.150. The van der Waals surface area contributed by atoms with Gasteiger partial charge in [0.15, 0.2) is 0 Å². The first kappa shape index (κ1) is 15.6. The number of hydrogen-bond acceptors (Lipinski definition) is 4. The Morgan fingerprint density at radius 1 is 1.12 bits per heavy atom. The number of carbonyl (C=O) groups excluding carboxylic acids is 3. The molecule has 4 rings (SSSR count). The lowest BCUT2D eigenvalue weighted by Gasteiger charge is -2.45. The highest BCUT2D eigenvalue weighted by molar-refractivity contribution is 6.20. The average molecular weight is 337 g/mol. The average Bonchev–Trinajstić information content (AvgIpc) is 2.60. The summed E-state index contributed by atoms with van der Waals surface area (Å²) < 4.78 is 0. The molecule has 1 atom stereocenters. The van der Waals surface area contributed by atoms with Gasteiger partial charge >= 0.3 is 6.03 Å². The Labute approximate surface area is 145 Å². The van der Waals surface area contributed by atoms with E-state index in [0.717, 1.165) is 26.9 Å². The van der Waals surface area contributed by atoms with E-state index < -0.39 is 23.3 Å². The number of benzene rings is 2. The number of carbonyl (C=O) groups is 3. The van der Waals surface area contributed by atoms with Crippen LogP contribution in [-0.4, -0.2) is 42.9 Å². The topological polar surface area (TPSA) is 69.7 Å². The van der Waals surface area contributed by atoms with Crippen LogP contribution in [-0.2, 0) is 16.0 Å². The van der Waals surface area contributed by atoms with Crippen molar-refractivity contribution in [3.05, 3.63) is 42.0 Å². The van der Waals surface area contributed by atoms with Gasteiger partial charge in [-0.15, -0.1) is 0 Å².